The molecule has 0 amide bonds. The molecule has 98 valence electrons. The molecule has 1 saturated heterocycles. The van der Waals surface area contributed by atoms with Crippen molar-refractivity contribution in [1.29, 1.82) is 0 Å². The molecule has 1 N–H and O–H groups in total. The first-order valence-corrected chi connectivity index (χ1v) is 8.06. The van der Waals surface area contributed by atoms with Crippen LogP contribution in [0, 0.1) is 12.8 Å². The van der Waals surface area contributed by atoms with Crippen LogP contribution in [0.4, 0.5) is 0 Å². The van der Waals surface area contributed by atoms with Crippen molar-refractivity contribution >= 4 is 11.3 Å². The largest absolute Gasteiger partial charge is 0.370 e. The topological polar surface area (TPSA) is 21.3 Å². The summed E-state index contributed by atoms with van der Waals surface area (Å²) in [5, 5.41) is 3.71. The molecule has 1 aromatic heterocycles. The number of hydrogen-bond acceptors (Lipinski definition) is 3. The predicted octanol–water partition coefficient (Wildman–Crippen LogP) is 2.99. The van der Waals surface area contributed by atoms with Gasteiger partial charge in [-0.3, -0.25) is 0 Å². The van der Waals surface area contributed by atoms with Crippen molar-refractivity contribution in [3.63, 3.8) is 0 Å². The van der Waals surface area contributed by atoms with Crippen molar-refractivity contribution in [1.82, 2.24) is 5.32 Å². The maximum atomic E-state index is 6.32. The Balaban J connectivity index is 1.69. The Hall–Kier alpha value is -0.380. The van der Waals surface area contributed by atoms with Gasteiger partial charge in [0.15, 0.2) is 0 Å². The molecule has 0 aromatic carbocycles. The van der Waals surface area contributed by atoms with Gasteiger partial charge in [-0.25, -0.2) is 0 Å². The minimum atomic E-state index is 0.0524. The highest BCUT2D eigenvalue weighted by atomic mass is 32.1. The van der Waals surface area contributed by atoms with Crippen LogP contribution in [0.2, 0.25) is 0 Å². The smallest absolute Gasteiger partial charge is 0.0969 e. The van der Waals surface area contributed by atoms with Crippen LogP contribution in [-0.4, -0.2) is 19.2 Å². The maximum absolute atomic E-state index is 6.32. The van der Waals surface area contributed by atoms with Crippen LogP contribution in [0.1, 0.15) is 41.0 Å². The van der Waals surface area contributed by atoms with Crippen molar-refractivity contribution in [2.75, 3.05) is 13.2 Å². The zero-order valence-electron chi connectivity index (χ0n) is 11.0. The molecule has 1 aliphatic carbocycles. The summed E-state index contributed by atoms with van der Waals surface area (Å²) in [5.74, 6) is 0.927. The number of ether oxygens (including phenoxy) is 1. The van der Waals surface area contributed by atoms with E-state index >= 15 is 0 Å². The Morgan fingerprint density at radius 2 is 2.33 bits per heavy atom. The van der Waals surface area contributed by atoms with Crippen molar-refractivity contribution in [3.8, 4) is 0 Å². The number of piperidine rings is 1. The van der Waals surface area contributed by atoms with E-state index in [1.54, 1.807) is 4.88 Å². The molecular formula is C15H21NOS. The fourth-order valence-electron chi connectivity index (χ4n) is 3.75. The molecule has 3 aliphatic rings. The molecule has 1 aromatic rings. The normalized spacial score (nSPS) is 35.7. The molecule has 2 fully saturated rings. The average molecular weight is 263 g/mol. The van der Waals surface area contributed by atoms with Gasteiger partial charge in [0.25, 0.3) is 0 Å². The molecule has 3 heterocycles. The summed E-state index contributed by atoms with van der Waals surface area (Å²) in [5.41, 5.74) is 1.58. The molecule has 4 rings (SSSR count). The number of fused-ring (bicyclic) bond motifs is 2. The lowest BCUT2D eigenvalue weighted by molar-refractivity contribution is -0.0901. The van der Waals surface area contributed by atoms with Gasteiger partial charge in [0, 0.05) is 22.2 Å². The average Bonchev–Trinajstić information content (AvgIpc) is 3.13. The summed E-state index contributed by atoms with van der Waals surface area (Å²) >= 11 is 1.98. The first-order chi connectivity index (χ1) is 8.77. The van der Waals surface area contributed by atoms with Gasteiger partial charge < -0.3 is 10.1 Å². The highest BCUT2D eigenvalue weighted by Gasteiger charge is 2.46. The first kappa shape index (κ1) is 11.4. The van der Waals surface area contributed by atoms with Crippen LogP contribution in [0.3, 0.4) is 0 Å². The van der Waals surface area contributed by atoms with Gasteiger partial charge in [0.1, 0.15) is 0 Å². The van der Waals surface area contributed by atoms with Gasteiger partial charge in [0.2, 0.25) is 0 Å². The minimum Gasteiger partial charge on any atom is -0.370 e. The number of rotatable bonds is 1. The van der Waals surface area contributed by atoms with Crippen molar-refractivity contribution in [3.05, 3.63) is 21.4 Å². The summed E-state index contributed by atoms with van der Waals surface area (Å²) in [6, 6.07) is 3.10. The Kier molecular flexibility index (Phi) is 2.58. The van der Waals surface area contributed by atoms with E-state index in [0.29, 0.717) is 6.04 Å². The minimum absolute atomic E-state index is 0.0524. The van der Waals surface area contributed by atoms with Crippen LogP contribution in [0.15, 0.2) is 6.07 Å². The molecule has 2 atom stereocenters. The Labute approximate surface area is 113 Å². The van der Waals surface area contributed by atoms with Crippen molar-refractivity contribution < 1.29 is 4.74 Å². The van der Waals surface area contributed by atoms with E-state index in [1.807, 2.05) is 11.3 Å². The molecule has 1 saturated carbocycles. The molecule has 0 radical (unpaired) electrons. The van der Waals surface area contributed by atoms with Crippen LogP contribution >= 0.6 is 11.3 Å². The van der Waals surface area contributed by atoms with E-state index in [1.165, 1.54) is 29.7 Å². The fourth-order valence-corrected chi connectivity index (χ4v) is 4.85. The van der Waals surface area contributed by atoms with E-state index < -0.39 is 0 Å². The molecule has 2 unspecified atom stereocenters. The third-order valence-electron chi connectivity index (χ3n) is 4.81. The van der Waals surface area contributed by atoms with Gasteiger partial charge in [-0.05, 0) is 56.7 Å². The molecule has 18 heavy (non-hydrogen) atoms. The fraction of sp³-hybridized carbons (Fsp3) is 0.733. The SMILES string of the molecule is Cc1cc2c(s1)CCOC21CCNC(C2CC2)C1. The number of aryl methyl sites for hydroxylation is 1. The molecule has 2 nitrogen and oxygen atoms in total. The third-order valence-corrected chi connectivity index (χ3v) is 5.92. The van der Waals surface area contributed by atoms with Gasteiger partial charge in [-0.2, -0.15) is 0 Å². The summed E-state index contributed by atoms with van der Waals surface area (Å²) < 4.78 is 6.32. The zero-order valence-corrected chi connectivity index (χ0v) is 11.8. The van der Waals surface area contributed by atoms with E-state index in [-0.39, 0.29) is 5.60 Å². The predicted molar refractivity (Wildman–Crippen MR) is 74.1 cm³/mol. The summed E-state index contributed by atoms with van der Waals surface area (Å²) in [6.07, 6.45) is 6.31. The number of thiophene rings is 1. The second kappa shape index (κ2) is 4.06. The zero-order chi connectivity index (χ0) is 12.2. The van der Waals surface area contributed by atoms with Crippen LogP contribution in [0.5, 0.6) is 0 Å². The quantitative estimate of drug-likeness (QED) is 0.841. The molecule has 3 heteroatoms. The lowest BCUT2D eigenvalue weighted by Gasteiger charge is -2.44. The molecular weight excluding hydrogens is 242 g/mol. The molecule has 2 aliphatic heterocycles. The van der Waals surface area contributed by atoms with Gasteiger partial charge in [-0.1, -0.05) is 0 Å². The Morgan fingerprint density at radius 3 is 3.17 bits per heavy atom. The van der Waals surface area contributed by atoms with Crippen LogP contribution in [-0.2, 0) is 16.8 Å². The number of hydrogen-bond donors (Lipinski definition) is 1. The van der Waals surface area contributed by atoms with Crippen LogP contribution < -0.4 is 5.32 Å². The van der Waals surface area contributed by atoms with E-state index in [9.17, 15) is 0 Å². The van der Waals surface area contributed by atoms with E-state index in [0.717, 1.165) is 31.9 Å². The van der Waals surface area contributed by atoms with Crippen LogP contribution in [0.25, 0.3) is 0 Å². The highest BCUT2D eigenvalue weighted by Crippen LogP contribution is 2.47. The monoisotopic (exact) mass is 263 g/mol. The maximum Gasteiger partial charge on any atom is 0.0969 e. The lowest BCUT2D eigenvalue weighted by Crippen LogP contribution is -2.50. The van der Waals surface area contributed by atoms with Crippen molar-refractivity contribution in [2.45, 2.75) is 50.7 Å². The summed E-state index contributed by atoms with van der Waals surface area (Å²) in [7, 11) is 0. The van der Waals surface area contributed by atoms with Gasteiger partial charge in [0.05, 0.1) is 12.2 Å². The second-order valence-corrected chi connectivity index (χ2v) is 7.48. The lowest BCUT2D eigenvalue weighted by atomic mass is 9.79. The summed E-state index contributed by atoms with van der Waals surface area (Å²) in [4.78, 5) is 3.04. The third kappa shape index (κ3) is 1.75. The second-order valence-electron chi connectivity index (χ2n) is 6.14. The number of nitrogens with one attached hydrogen (secondary N) is 1. The van der Waals surface area contributed by atoms with E-state index in [4.69, 9.17) is 4.74 Å². The van der Waals surface area contributed by atoms with E-state index in [2.05, 4.69) is 18.3 Å². The standard InChI is InChI=1S/C15H21NOS/c1-10-8-12-14(18-10)4-7-17-15(12)5-6-16-13(9-15)11-2-3-11/h8,11,13,16H,2-7,9H2,1H3. The van der Waals surface area contributed by atoms with Gasteiger partial charge >= 0.3 is 0 Å². The Bertz CT molecular complexity index is 465. The first-order valence-electron chi connectivity index (χ1n) is 7.24. The molecule has 1 spiro atoms. The molecule has 0 bridgehead atoms. The van der Waals surface area contributed by atoms with Gasteiger partial charge in [-0.15, -0.1) is 11.3 Å². The van der Waals surface area contributed by atoms with Crippen molar-refractivity contribution in [2.24, 2.45) is 5.92 Å². The Morgan fingerprint density at radius 1 is 1.44 bits per heavy atom. The summed E-state index contributed by atoms with van der Waals surface area (Å²) in [6.45, 7) is 4.27. The highest BCUT2D eigenvalue weighted by molar-refractivity contribution is 7.12.